The van der Waals surface area contributed by atoms with Gasteiger partial charge in [-0.1, -0.05) is 0 Å². The SMILES string of the molecule is CC(=O)Cc1cc(F)c(F)c(Br)c1. The Hall–Kier alpha value is -0.770. The topological polar surface area (TPSA) is 17.1 Å². The number of Topliss-reactive ketones (excluding diaryl/α,β-unsaturated/α-hetero) is 1. The smallest absolute Gasteiger partial charge is 0.172 e. The lowest BCUT2D eigenvalue weighted by atomic mass is 10.1. The van der Waals surface area contributed by atoms with E-state index in [2.05, 4.69) is 15.9 Å². The third kappa shape index (κ3) is 2.59. The van der Waals surface area contributed by atoms with Crippen LogP contribution in [-0.2, 0) is 11.2 Å². The standard InChI is InChI=1S/C9H7BrF2O/c1-5(13)2-6-3-7(10)9(12)8(11)4-6/h3-4H,2H2,1H3. The molecule has 0 radical (unpaired) electrons. The maximum atomic E-state index is 12.8. The van der Waals surface area contributed by atoms with Gasteiger partial charge in [0.05, 0.1) is 4.47 Å². The van der Waals surface area contributed by atoms with Crippen LogP contribution in [0.15, 0.2) is 16.6 Å². The van der Waals surface area contributed by atoms with Crippen molar-refractivity contribution in [2.75, 3.05) is 0 Å². The molecule has 0 fully saturated rings. The molecule has 13 heavy (non-hydrogen) atoms. The summed E-state index contributed by atoms with van der Waals surface area (Å²) in [7, 11) is 0. The van der Waals surface area contributed by atoms with E-state index >= 15 is 0 Å². The van der Waals surface area contributed by atoms with Crippen molar-refractivity contribution >= 4 is 21.7 Å². The maximum Gasteiger partial charge on any atom is 0.172 e. The minimum atomic E-state index is -0.939. The summed E-state index contributed by atoms with van der Waals surface area (Å²) in [5, 5.41) is 0. The summed E-state index contributed by atoms with van der Waals surface area (Å²) in [6.45, 7) is 1.40. The maximum absolute atomic E-state index is 12.8. The van der Waals surface area contributed by atoms with Crippen LogP contribution in [0.2, 0.25) is 0 Å². The summed E-state index contributed by atoms with van der Waals surface area (Å²) < 4.78 is 25.6. The second kappa shape index (κ2) is 3.96. The van der Waals surface area contributed by atoms with Gasteiger partial charge in [0.1, 0.15) is 5.78 Å². The molecule has 0 amide bonds. The molecule has 1 aromatic rings. The predicted molar refractivity (Wildman–Crippen MR) is 48.4 cm³/mol. The van der Waals surface area contributed by atoms with Crippen molar-refractivity contribution in [3.63, 3.8) is 0 Å². The van der Waals surface area contributed by atoms with Crippen LogP contribution < -0.4 is 0 Å². The molecule has 0 aliphatic heterocycles. The number of hydrogen-bond donors (Lipinski definition) is 0. The molecular formula is C9H7BrF2O. The van der Waals surface area contributed by atoms with E-state index < -0.39 is 11.6 Å². The molecule has 0 saturated carbocycles. The molecule has 0 N–H and O–H groups in total. The molecule has 1 nitrogen and oxygen atoms in total. The molecule has 1 aromatic carbocycles. The van der Waals surface area contributed by atoms with Crippen molar-refractivity contribution in [2.24, 2.45) is 0 Å². The van der Waals surface area contributed by atoms with Crippen molar-refractivity contribution in [3.05, 3.63) is 33.8 Å². The molecule has 70 valence electrons. The van der Waals surface area contributed by atoms with Gasteiger partial charge in [-0.25, -0.2) is 8.78 Å². The lowest BCUT2D eigenvalue weighted by Crippen LogP contribution is -1.98. The zero-order chi connectivity index (χ0) is 10.0. The number of rotatable bonds is 2. The average molecular weight is 249 g/mol. The van der Waals surface area contributed by atoms with Gasteiger partial charge in [-0.05, 0) is 40.5 Å². The molecule has 0 bridgehead atoms. The highest BCUT2D eigenvalue weighted by atomic mass is 79.9. The quantitative estimate of drug-likeness (QED) is 0.736. The number of carbonyl (C=O) groups excluding carboxylic acids is 1. The molecule has 0 spiro atoms. The molecule has 0 aliphatic carbocycles. The fraction of sp³-hybridized carbons (Fsp3) is 0.222. The highest BCUT2D eigenvalue weighted by Crippen LogP contribution is 2.20. The molecule has 0 aromatic heterocycles. The Morgan fingerprint density at radius 3 is 2.54 bits per heavy atom. The van der Waals surface area contributed by atoms with E-state index in [9.17, 15) is 13.6 Å². The Kier molecular flexibility index (Phi) is 3.14. The van der Waals surface area contributed by atoms with Gasteiger partial charge < -0.3 is 0 Å². The number of hydrogen-bond acceptors (Lipinski definition) is 1. The Bertz CT molecular complexity index is 326. The molecule has 4 heteroatoms. The molecule has 0 atom stereocenters. The van der Waals surface area contributed by atoms with E-state index in [0.717, 1.165) is 6.07 Å². The number of ketones is 1. The highest BCUT2D eigenvalue weighted by molar-refractivity contribution is 9.10. The highest BCUT2D eigenvalue weighted by Gasteiger charge is 2.09. The third-order valence-electron chi connectivity index (χ3n) is 1.50. The molecule has 0 saturated heterocycles. The van der Waals surface area contributed by atoms with Gasteiger partial charge in [0, 0.05) is 6.42 Å². The summed E-state index contributed by atoms with van der Waals surface area (Å²) in [5.74, 6) is -1.95. The Balaban J connectivity index is 3.06. The van der Waals surface area contributed by atoms with Crippen molar-refractivity contribution < 1.29 is 13.6 Å². The van der Waals surface area contributed by atoms with Crippen LogP contribution in [0.3, 0.4) is 0 Å². The van der Waals surface area contributed by atoms with Crippen LogP contribution >= 0.6 is 15.9 Å². The van der Waals surface area contributed by atoms with Crippen molar-refractivity contribution in [1.82, 2.24) is 0 Å². The van der Waals surface area contributed by atoms with Gasteiger partial charge in [0.25, 0.3) is 0 Å². The van der Waals surface area contributed by atoms with Crippen molar-refractivity contribution in [3.8, 4) is 0 Å². The number of halogens is 3. The molecule has 0 heterocycles. The van der Waals surface area contributed by atoms with E-state index in [1.165, 1.54) is 13.0 Å². The summed E-state index contributed by atoms with van der Waals surface area (Å²) >= 11 is 2.86. The van der Waals surface area contributed by atoms with Gasteiger partial charge in [0.2, 0.25) is 0 Å². The Labute approximate surface area is 82.9 Å². The summed E-state index contributed by atoms with van der Waals surface area (Å²) in [5.41, 5.74) is 0.471. The predicted octanol–water partition coefficient (Wildman–Crippen LogP) is 2.86. The fourth-order valence-corrected chi connectivity index (χ4v) is 1.48. The first-order valence-electron chi connectivity index (χ1n) is 3.63. The van der Waals surface area contributed by atoms with Crippen LogP contribution in [-0.4, -0.2) is 5.78 Å². The van der Waals surface area contributed by atoms with E-state index in [1.54, 1.807) is 0 Å². The number of carbonyl (C=O) groups is 1. The minimum Gasteiger partial charge on any atom is -0.300 e. The Morgan fingerprint density at radius 2 is 2.08 bits per heavy atom. The first kappa shape index (κ1) is 10.3. The zero-order valence-corrected chi connectivity index (χ0v) is 8.49. The van der Waals surface area contributed by atoms with Gasteiger partial charge in [-0.15, -0.1) is 0 Å². The molecular weight excluding hydrogens is 242 g/mol. The largest absolute Gasteiger partial charge is 0.300 e. The van der Waals surface area contributed by atoms with Crippen LogP contribution in [0.4, 0.5) is 8.78 Å². The van der Waals surface area contributed by atoms with Crippen molar-refractivity contribution in [2.45, 2.75) is 13.3 Å². The normalized spacial score (nSPS) is 10.2. The van der Waals surface area contributed by atoms with Gasteiger partial charge >= 0.3 is 0 Å². The first-order valence-corrected chi connectivity index (χ1v) is 4.43. The summed E-state index contributed by atoms with van der Waals surface area (Å²) in [6, 6.07) is 2.43. The second-order valence-corrected chi connectivity index (χ2v) is 3.61. The van der Waals surface area contributed by atoms with Crippen molar-refractivity contribution in [1.29, 1.82) is 0 Å². The van der Waals surface area contributed by atoms with Crippen LogP contribution in [0.25, 0.3) is 0 Å². The summed E-state index contributed by atoms with van der Waals surface area (Å²) in [4.78, 5) is 10.7. The molecule has 0 aliphatic rings. The molecule has 1 rings (SSSR count). The van der Waals surface area contributed by atoms with E-state index in [4.69, 9.17) is 0 Å². The average Bonchev–Trinajstić information content (AvgIpc) is 1.98. The monoisotopic (exact) mass is 248 g/mol. The zero-order valence-electron chi connectivity index (χ0n) is 6.90. The number of benzene rings is 1. The second-order valence-electron chi connectivity index (χ2n) is 2.75. The van der Waals surface area contributed by atoms with Crippen LogP contribution in [0.1, 0.15) is 12.5 Å². The molecule has 0 unspecified atom stereocenters. The van der Waals surface area contributed by atoms with Gasteiger partial charge in [-0.2, -0.15) is 0 Å². The third-order valence-corrected chi connectivity index (χ3v) is 2.07. The minimum absolute atomic E-state index is 0.0451. The van der Waals surface area contributed by atoms with Gasteiger partial charge in [0.15, 0.2) is 11.6 Å². The summed E-state index contributed by atoms with van der Waals surface area (Å²) in [6.07, 6.45) is 0.121. The fourth-order valence-electron chi connectivity index (χ4n) is 0.998. The van der Waals surface area contributed by atoms with Crippen LogP contribution in [0.5, 0.6) is 0 Å². The van der Waals surface area contributed by atoms with E-state index in [1.807, 2.05) is 0 Å². The van der Waals surface area contributed by atoms with Gasteiger partial charge in [-0.3, -0.25) is 4.79 Å². The van der Waals surface area contributed by atoms with E-state index in [-0.39, 0.29) is 16.7 Å². The lowest BCUT2D eigenvalue weighted by molar-refractivity contribution is -0.116. The Morgan fingerprint density at radius 1 is 1.46 bits per heavy atom. The first-order chi connectivity index (χ1) is 6.00. The van der Waals surface area contributed by atoms with E-state index in [0.29, 0.717) is 5.56 Å². The van der Waals surface area contributed by atoms with Crippen LogP contribution in [0, 0.1) is 11.6 Å². The lowest BCUT2D eigenvalue weighted by Gasteiger charge is -2.01.